The second kappa shape index (κ2) is 9.57. The number of halogens is 4. The lowest BCUT2D eigenvalue weighted by atomic mass is 10.0. The number of fused-ring (bicyclic) bond motifs is 1. The standard InChI is InChI=1S/C24H19F4N5O.CH4/c1-32(13-34)21-12-30-20-7-3-14(15-4-8-22(29)31-11-15)9-17(20)23(21)33(2)16-5-6-19(25)18(10-16)24(26,27)28;/h3-13H,1-2H3,(H2,29,31);1H4. The summed E-state index contributed by atoms with van der Waals surface area (Å²) in [5.74, 6) is -1.01. The number of carbonyl (C=O) groups excluding carboxylic acids is 1. The molecule has 0 aliphatic heterocycles. The van der Waals surface area contributed by atoms with Gasteiger partial charge in [0, 0.05) is 36.9 Å². The van der Waals surface area contributed by atoms with Crippen LogP contribution in [-0.4, -0.2) is 30.5 Å². The van der Waals surface area contributed by atoms with Crippen molar-refractivity contribution in [2.75, 3.05) is 29.6 Å². The summed E-state index contributed by atoms with van der Waals surface area (Å²) in [6.45, 7) is 0. The van der Waals surface area contributed by atoms with Crippen molar-refractivity contribution >= 4 is 40.2 Å². The molecule has 2 N–H and O–H groups in total. The Balaban J connectivity index is 0.00000342. The normalized spacial score (nSPS) is 11.1. The molecule has 4 rings (SSSR count). The van der Waals surface area contributed by atoms with Crippen LogP contribution in [0.4, 0.5) is 40.4 Å². The van der Waals surface area contributed by atoms with Gasteiger partial charge in [-0.25, -0.2) is 9.37 Å². The minimum absolute atomic E-state index is 0. The fourth-order valence-corrected chi connectivity index (χ4v) is 3.66. The number of pyridine rings is 2. The van der Waals surface area contributed by atoms with Crippen LogP contribution in [0.1, 0.15) is 13.0 Å². The number of carbonyl (C=O) groups is 1. The Morgan fingerprint density at radius 1 is 0.943 bits per heavy atom. The number of benzene rings is 2. The van der Waals surface area contributed by atoms with Crippen LogP contribution in [0.15, 0.2) is 60.9 Å². The summed E-state index contributed by atoms with van der Waals surface area (Å²) < 4.78 is 53.9. The minimum Gasteiger partial charge on any atom is -0.384 e. The number of hydrogen-bond donors (Lipinski definition) is 1. The van der Waals surface area contributed by atoms with Crippen LogP contribution in [0.2, 0.25) is 0 Å². The van der Waals surface area contributed by atoms with Crippen LogP contribution in [-0.2, 0) is 11.0 Å². The number of nitrogens with zero attached hydrogens (tertiary/aromatic N) is 4. The zero-order valence-corrected chi connectivity index (χ0v) is 18.1. The number of hydrogen-bond acceptors (Lipinski definition) is 5. The third-order valence-corrected chi connectivity index (χ3v) is 5.46. The van der Waals surface area contributed by atoms with Gasteiger partial charge in [0.15, 0.2) is 0 Å². The van der Waals surface area contributed by atoms with Crippen molar-refractivity contribution in [3.05, 3.63) is 72.3 Å². The zero-order valence-electron chi connectivity index (χ0n) is 18.1. The monoisotopic (exact) mass is 485 g/mol. The summed E-state index contributed by atoms with van der Waals surface area (Å²) >= 11 is 0. The van der Waals surface area contributed by atoms with Gasteiger partial charge in [0.1, 0.15) is 11.6 Å². The minimum atomic E-state index is -4.86. The first-order chi connectivity index (χ1) is 16.1. The second-order valence-corrected chi connectivity index (χ2v) is 7.63. The SMILES string of the molecule is C.CN(C=O)c1cnc2ccc(-c3ccc(N)nc3)cc2c1N(C)c1ccc(F)c(C(F)(F)F)c1. The van der Waals surface area contributed by atoms with E-state index in [4.69, 9.17) is 5.73 Å². The summed E-state index contributed by atoms with van der Waals surface area (Å²) in [5, 5.41) is 0.570. The second-order valence-electron chi connectivity index (χ2n) is 7.63. The summed E-state index contributed by atoms with van der Waals surface area (Å²) in [6, 6.07) is 11.6. The van der Waals surface area contributed by atoms with Gasteiger partial charge in [-0.15, -0.1) is 0 Å². The molecule has 6 nitrogen and oxygen atoms in total. The number of anilines is 4. The van der Waals surface area contributed by atoms with E-state index in [1.165, 1.54) is 29.1 Å². The molecule has 0 aliphatic rings. The van der Waals surface area contributed by atoms with Gasteiger partial charge in [-0.1, -0.05) is 13.5 Å². The average Bonchev–Trinajstić information content (AvgIpc) is 2.82. The Kier molecular flexibility index (Phi) is 6.95. The number of aromatic nitrogens is 2. The van der Waals surface area contributed by atoms with Gasteiger partial charge in [-0.05, 0) is 48.0 Å². The van der Waals surface area contributed by atoms with E-state index in [1.807, 2.05) is 6.07 Å². The van der Waals surface area contributed by atoms with Crippen molar-refractivity contribution in [2.45, 2.75) is 13.6 Å². The molecule has 0 aliphatic carbocycles. The van der Waals surface area contributed by atoms with Crippen molar-refractivity contribution in [2.24, 2.45) is 0 Å². The van der Waals surface area contributed by atoms with Crippen LogP contribution in [0.25, 0.3) is 22.0 Å². The third kappa shape index (κ3) is 4.86. The molecule has 0 saturated heterocycles. The molecule has 182 valence electrons. The highest BCUT2D eigenvalue weighted by Gasteiger charge is 2.34. The Labute approximate surface area is 199 Å². The largest absolute Gasteiger partial charge is 0.419 e. The number of alkyl halides is 3. The van der Waals surface area contributed by atoms with Crippen molar-refractivity contribution < 1.29 is 22.4 Å². The number of nitrogen functional groups attached to an aromatic ring is 1. The predicted octanol–water partition coefficient (Wildman–Crippen LogP) is 6.03. The van der Waals surface area contributed by atoms with Crippen molar-refractivity contribution in [1.82, 2.24) is 9.97 Å². The highest BCUT2D eigenvalue weighted by atomic mass is 19.4. The number of rotatable bonds is 5. The first kappa shape index (κ1) is 25.4. The molecule has 2 aromatic carbocycles. The highest BCUT2D eigenvalue weighted by Crippen LogP contribution is 2.41. The molecular weight excluding hydrogens is 462 g/mol. The molecule has 10 heteroatoms. The topological polar surface area (TPSA) is 75.3 Å². The lowest BCUT2D eigenvalue weighted by molar-refractivity contribution is -0.139. The van der Waals surface area contributed by atoms with Gasteiger partial charge in [0.05, 0.1) is 28.7 Å². The maximum atomic E-state index is 13.9. The molecule has 0 atom stereocenters. The van der Waals surface area contributed by atoms with Crippen LogP contribution in [0, 0.1) is 5.82 Å². The third-order valence-electron chi connectivity index (χ3n) is 5.46. The van der Waals surface area contributed by atoms with Crippen LogP contribution in [0.5, 0.6) is 0 Å². The highest BCUT2D eigenvalue weighted by molar-refractivity contribution is 6.04. The number of nitrogens with two attached hydrogens (primary N) is 1. The summed E-state index contributed by atoms with van der Waals surface area (Å²) in [7, 11) is 3.05. The van der Waals surface area contributed by atoms with E-state index in [9.17, 15) is 22.4 Å². The van der Waals surface area contributed by atoms with Gasteiger partial charge in [0.2, 0.25) is 6.41 Å². The van der Waals surface area contributed by atoms with E-state index < -0.39 is 17.6 Å². The summed E-state index contributed by atoms with van der Waals surface area (Å²) in [6.07, 6.45) is -1.23. The molecule has 2 heterocycles. The number of amides is 1. The van der Waals surface area contributed by atoms with E-state index in [0.717, 1.165) is 23.3 Å². The molecule has 1 amide bonds. The molecule has 0 spiro atoms. The van der Waals surface area contributed by atoms with Gasteiger partial charge in [-0.2, -0.15) is 13.2 Å². The van der Waals surface area contributed by atoms with Gasteiger partial charge < -0.3 is 15.5 Å². The molecule has 0 fully saturated rings. The molecule has 0 radical (unpaired) electrons. The predicted molar refractivity (Wildman–Crippen MR) is 130 cm³/mol. The Morgan fingerprint density at radius 3 is 2.29 bits per heavy atom. The molecule has 2 aromatic heterocycles. The fourth-order valence-electron chi connectivity index (χ4n) is 3.66. The smallest absolute Gasteiger partial charge is 0.384 e. The van der Waals surface area contributed by atoms with Crippen LogP contribution in [0.3, 0.4) is 0 Å². The molecule has 0 bridgehead atoms. The fraction of sp³-hybridized carbons (Fsp3) is 0.160. The zero-order chi connectivity index (χ0) is 24.6. The maximum absolute atomic E-state index is 13.9. The van der Waals surface area contributed by atoms with Gasteiger partial charge in [-0.3, -0.25) is 9.78 Å². The molecule has 35 heavy (non-hydrogen) atoms. The molecule has 4 aromatic rings. The van der Waals surface area contributed by atoms with E-state index in [2.05, 4.69) is 9.97 Å². The van der Waals surface area contributed by atoms with E-state index in [0.29, 0.717) is 34.5 Å². The molecule has 0 unspecified atom stereocenters. The van der Waals surface area contributed by atoms with Crippen LogP contribution < -0.4 is 15.5 Å². The van der Waals surface area contributed by atoms with Crippen molar-refractivity contribution in [3.8, 4) is 11.1 Å². The van der Waals surface area contributed by atoms with Crippen molar-refractivity contribution in [3.63, 3.8) is 0 Å². The maximum Gasteiger partial charge on any atom is 0.419 e. The lowest BCUT2D eigenvalue weighted by Gasteiger charge is -2.27. The van der Waals surface area contributed by atoms with E-state index in [-0.39, 0.29) is 13.1 Å². The molecular formula is C25H23F4N5O. The van der Waals surface area contributed by atoms with E-state index >= 15 is 0 Å². The Bertz CT molecular complexity index is 1370. The van der Waals surface area contributed by atoms with E-state index in [1.54, 1.807) is 37.5 Å². The van der Waals surface area contributed by atoms with Gasteiger partial charge in [0.25, 0.3) is 0 Å². The van der Waals surface area contributed by atoms with Crippen LogP contribution >= 0.6 is 0 Å². The van der Waals surface area contributed by atoms with Crippen molar-refractivity contribution in [1.29, 1.82) is 0 Å². The Hall–Kier alpha value is -4.21. The first-order valence-corrected chi connectivity index (χ1v) is 10.0. The average molecular weight is 485 g/mol. The summed E-state index contributed by atoms with van der Waals surface area (Å²) in [5.41, 5.74) is 7.23. The first-order valence-electron chi connectivity index (χ1n) is 10.0. The summed E-state index contributed by atoms with van der Waals surface area (Å²) in [4.78, 5) is 22.8. The quantitative estimate of drug-likeness (QED) is 0.276. The lowest BCUT2D eigenvalue weighted by Crippen LogP contribution is -2.20. The van der Waals surface area contributed by atoms with Gasteiger partial charge >= 0.3 is 6.18 Å². The Morgan fingerprint density at radius 2 is 1.66 bits per heavy atom. The molecule has 0 saturated carbocycles.